The van der Waals surface area contributed by atoms with E-state index in [0.29, 0.717) is 0 Å². The largest absolute Gasteiger partial charge is 0.381 e. The maximum absolute atomic E-state index is 5.50. The quantitative estimate of drug-likeness (QED) is 0.386. The number of thioether (sulfide) groups is 1. The van der Waals surface area contributed by atoms with Crippen molar-refractivity contribution in [2.75, 3.05) is 33.1 Å². The summed E-state index contributed by atoms with van der Waals surface area (Å²) in [6.45, 7) is 5.64. The first kappa shape index (κ1) is 21.6. The van der Waals surface area contributed by atoms with Gasteiger partial charge in [-0.15, -0.1) is 24.0 Å². The summed E-state index contributed by atoms with van der Waals surface area (Å²) in [5.74, 6) is 0.871. The van der Waals surface area contributed by atoms with E-state index in [2.05, 4.69) is 53.1 Å². The summed E-state index contributed by atoms with van der Waals surface area (Å²) in [7, 11) is 1.83. The number of hydrogen-bond donors (Lipinski definition) is 2. The van der Waals surface area contributed by atoms with Gasteiger partial charge in [0, 0.05) is 38.1 Å². The van der Waals surface area contributed by atoms with Gasteiger partial charge in [-0.2, -0.15) is 11.8 Å². The Morgan fingerprint density at radius 3 is 2.46 bits per heavy atom. The summed E-state index contributed by atoms with van der Waals surface area (Å²) < 4.78 is 5.76. The van der Waals surface area contributed by atoms with E-state index in [0.717, 1.165) is 51.5 Å². The first-order valence-electron chi connectivity index (χ1n) is 8.37. The smallest absolute Gasteiger partial charge is 0.191 e. The molecule has 1 aromatic rings. The van der Waals surface area contributed by atoms with Gasteiger partial charge in [0.15, 0.2) is 5.96 Å². The van der Waals surface area contributed by atoms with Crippen LogP contribution in [-0.4, -0.2) is 43.8 Å². The summed E-state index contributed by atoms with van der Waals surface area (Å²) in [4.78, 5) is 4.36. The van der Waals surface area contributed by atoms with Crippen LogP contribution in [0.2, 0.25) is 0 Å². The predicted octanol–water partition coefficient (Wildman–Crippen LogP) is 3.44. The van der Waals surface area contributed by atoms with Gasteiger partial charge in [-0.25, -0.2) is 0 Å². The average Bonchev–Trinajstić information content (AvgIpc) is 2.63. The van der Waals surface area contributed by atoms with Gasteiger partial charge >= 0.3 is 0 Å². The van der Waals surface area contributed by atoms with Crippen LogP contribution in [0.3, 0.4) is 0 Å². The van der Waals surface area contributed by atoms with Crippen LogP contribution in [-0.2, 0) is 17.7 Å². The lowest BCUT2D eigenvalue weighted by atomic mass is 9.99. The highest BCUT2D eigenvalue weighted by atomic mass is 127. The summed E-state index contributed by atoms with van der Waals surface area (Å²) in [6, 6.07) is 8.57. The summed E-state index contributed by atoms with van der Waals surface area (Å²) in [6.07, 6.45) is 5.44. The zero-order chi connectivity index (χ0) is 16.5. The minimum Gasteiger partial charge on any atom is -0.381 e. The molecule has 2 N–H and O–H groups in total. The second kappa shape index (κ2) is 11.2. The van der Waals surface area contributed by atoms with Crippen molar-refractivity contribution in [2.24, 2.45) is 4.99 Å². The van der Waals surface area contributed by atoms with E-state index in [1.807, 2.05) is 18.8 Å². The number of benzene rings is 1. The van der Waals surface area contributed by atoms with Gasteiger partial charge in [-0.3, -0.25) is 4.99 Å². The first-order valence-corrected chi connectivity index (χ1v) is 9.59. The Hall–Kier alpha value is -0.470. The zero-order valence-corrected chi connectivity index (χ0v) is 18.1. The number of rotatable bonds is 6. The Bertz CT molecular complexity index is 519. The standard InChI is InChI=1S/C18H29N3OS.HI/c1-4-15-7-5-6-8-16(15)13-20-17(19-2)21-14-18(23-3)9-11-22-12-10-18;/h5-8H,4,9-14H2,1-3H3,(H2,19,20,21);1H. The third-order valence-corrected chi connectivity index (χ3v) is 6.00. The van der Waals surface area contributed by atoms with Crippen LogP contribution >= 0.6 is 35.7 Å². The predicted molar refractivity (Wildman–Crippen MR) is 116 cm³/mol. The van der Waals surface area contributed by atoms with Crippen LogP contribution in [0, 0.1) is 0 Å². The molecule has 1 aliphatic rings. The number of aliphatic imine (C=N–C) groups is 1. The number of nitrogens with one attached hydrogen (secondary N) is 2. The number of nitrogens with zero attached hydrogens (tertiary/aromatic N) is 1. The lowest BCUT2D eigenvalue weighted by Gasteiger charge is -2.36. The highest BCUT2D eigenvalue weighted by molar-refractivity contribution is 14.0. The number of ether oxygens (including phenoxy) is 1. The molecular formula is C18H30IN3OS. The molecule has 0 saturated carbocycles. The van der Waals surface area contributed by atoms with Crippen molar-refractivity contribution in [2.45, 2.75) is 37.5 Å². The SMILES string of the molecule is CCc1ccccc1CNC(=NC)NCC1(SC)CCOCC1.I. The molecule has 0 radical (unpaired) electrons. The van der Waals surface area contributed by atoms with E-state index in [1.54, 1.807) is 0 Å². The third-order valence-electron chi connectivity index (χ3n) is 4.58. The monoisotopic (exact) mass is 463 g/mol. The molecule has 1 heterocycles. The lowest BCUT2D eigenvalue weighted by molar-refractivity contribution is 0.0783. The number of hydrogen-bond acceptors (Lipinski definition) is 3. The molecule has 0 aromatic heterocycles. The molecule has 6 heteroatoms. The van der Waals surface area contributed by atoms with Crippen molar-refractivity contribution in [3.63, 3.8) is 0 Å². The van der Waals surface area contributed by atoms with E-state index in [9.17, 15) is 0 Å². The normalized spacial score (nSPS) is 17.0. The van der Waals surface area contributed by atoms with Crippen LogP contribution < -0.4 is 10.6 Å². The van der Waals surface area contributed by atoms with Crippen LogP contribution in [0.25, 0.3) is 0 Å². The van der Waals surface area contributed by atoms with Crippen molar-refractivity contribution >= 4 is 41.7 Å². The molecule has 24 heavy (non-hydrogen) atoms. The van der Waals surface area contributed by atoms with Crippen LogP contribution in [0.4, 0.5) is 0 Å². The maximum atomic E-state index is 5.50. The van der Waals surface area contributed by atoms with E-state index < -0.39 is 0 Å². The molecular weight excluding hydrogens is 433 g/mol. The highest BCUT2D eigenvalue weighted by Gasteiger charge is 2.31. The van der Waals surface area contributed by atoms with E-state index in [-0.39, 0.29) is 28.7 Å². The molecule has 136 valence electrons. The molecule has 0 unspecified atom stereocenters. The Balaban J connectivity index is 0.00000288. The van der Waals surface area contributed by atoms with Crippen LogP contribution in [0.15, 0.2) is 29.3 Å². The van der Waals surface area contributed by atoms with Crippen molar-refractivity contribution in [1.29, 1.82) is 0 Å². The molecule has 1 aromatic carbocycles. The number of guanidine groups is 1. The fourth-order valence-corrected chi connectivity index (χ4v) is 3.71. The van der Waals surface area contributed by atoms with Crippen molar-refractivity contribution in [1.82, 2.24) is 10.6 Å². The van der Waals surface area contributed by atoms with Gasteiger partial charge in [0.2, 0.25) is 0 Å². The van der Waals surface area contributed by atoms with Crippen LogP contribution in [0.1, 0.15) is 30.9 Å². The molecule has 0 bridgehead atoms. The minimum absolute atomic E-state index is 0. The Morgan fingerprint density at radius 2 is 1.88 bits per heavy atom. The van der Waals surface area contributed by atoms with Gasteiger partial charge in [-0.1, -0.05) is 31.2 Å². The van der Waals surface area contributed by atoms with E-state index in [4.69, 9.17) is 4.74 Å². The number of aryl methyl sites for hydroxylation is 1. The van der Waals surface area contributed by atoms with Crippen molar-refractivity contribution in [3.8, 4) is 0 Å². The van der Waals surface area contributed by atoms with Crippen molar-refractivity contribution < 1.29 is 4.74 Å². The first-order chi connectivity index (χ1) is 11.2. The fraction of sp³-hybridized carbons (Fsp3) is 0.611. The molecule has 1 aliphatic heterocycles. The van der Waals surface area contributed by atoms with Gasteiger partial charge in [0.05, 0.1) is 0 Å². The van der Waals surface area contributed by atoms with E-state index in [1.165, 1.54) is 11.1 Å². The molecule has 1 saturated heterocycles. The van der Waals surface area contributed by atoms with Crippen LogP contribution in [0.5, 0.6) is 0 Å². The molecule has 2 rings (SSSR count). The minimum atomic E-state index is 0. The van der Waals surface area contributed by atoms with E-state index >= 15 is 0 Å². The third kappa shape index (κ3) is 6.11. The molecule has 4 nitrogen and oxygen atoms in total. The average molecular weight is 463 g/mol. The molecule has 1 fully saturated rings. The van der Waals surface area contributed by atoms with Gasteiger partial charge < -0.3 is 15.4 Å². The zero-order valence-electron chi connectivity index (χ0n) is 14.9. The van der Waals surface area contributed by atoms with Gasteiger partial charge in [0.25, 0.3) is 0 Å². The summed E-state index contributed by atoms with van der Waals surface area (Å²) in [5, 5.41) is 6.94. The Kier molecular flexibility index (Phi) is 10.1. The molecule has 0 aliphatic carbocycles. The maximum Gasteiger partial charge on any atom is 0.191 e. The Labute approximate surface area is 167 Å². The topological polar surface area (TPSA) is 45.7 Å². The second-order valence-corrected chi connectivity index (χ2v) is 7.18. The summed E-state index contributed by atoms with van der Waals surface area (Å²) >= 11 is 1.94. The molecule has 0 atom stereocenters. The van der Waals surface area contributed by atoms with Gasteiger partial charge in [0.1, 0.15) is 0 Å². The Morgan fingerprint density at radius 1 is 1.21 bits per heavy atom. The molecule has 0 amide bonds. The molecule has 0 spiro atoms. The number of halogens is 1. The second-order valence-electron chi connectivity index (χ2n) is 5.90. The van der Waals surface area contributed by atoms with Gasteiger partial charge in [-0.05, 0) is 36.6 Å². The summed E-state index contributed by atoms with van der Waals surface area (Å²) in [5.41, 5.74) is 2.73. The van der Waals surface area contributed by atoms with Crippen molar-refractivity contribution in [3.05, 3.63) is 35.4 Å². The highest BCUT2D eigenvalue weighted by Crippen LogP contribution is 2.32. The lowest BCUT2D eigenvalue weighted by Crippen LogP contribution is -2.47. The fourth-order valence-electron chi connectivity index (χ4n) is 2.92.